The minimum Gasteiger partial charge on any atom is -0.481 e. The topological polar surface area (TPSA) is 74.6 Å². The molecule has 0 heterocycles. The summed E-state index contributed by atoms with van der Waals surface area (Å²) >= 11 is 0. The van der Waals surface area contributed by atoms with Crippen LogP contribution in [0.15, 0.2) is 0 Å². The molecular formula is C13H20O4. The summed E-state index contributed by atoms with van der Waals surface area (Å²) in [6, 6.07) is 0. The van der Waals surface area contributed by atoms with E-state index in [1.165, 1.54) is 0 Å². The van der Waals surface area contributed by atoms with Crippen LogP contribution in [0.25, 0.3) is 0 Å². The van der Waals surface area contributed by atoms with E-state index in [9.17, 15) is 9.59 Å². The monoisotopic (exact) mass is 240 g/mol. The molecule has 1 unspecified atom stereocenters. The maximum Gasteiger partial charge on any atom is 0.321 e. The quantitative estimate of drug-likeness (QED) is 0.479. The Hall–Kier alpha value is -1.50. The summed E-state index contributed by atoms with van der Waals surface area (Å²) in [5.41, 5.74) is -1.07. The molecule has 4 nitrogen and oxygen atoms in total. The highest BCUT2D eigenvalue weighted by Crippen LogP contribution is 2.24. The normalized spacial score (nSPS) is 13.6. The van der Waals surface area contributed by atoms with Crippen molar-refractivity contribution in [2.24, 2.45) is 5.41 Å². The van der Waals surface area contributed by atoms with Gasteiger partial charge in [-0.25, -0.2) is 0 Å². The van der Waals surface area contributed by atoms with E-state index < -0.39 is 17.4 Å². The third-order valence-electron chi connectivity index (χ3n) is 2.86. The zero-order valence-electron chi connectivity index (χ0n) is 10.2. The Morgan fingerprint density at radius 3 is 2.12 bits per heavy atom. The van der Waals surface area contributed by atoms with Crippen molar-refractivity contribution in [2.75, 3.05) is 0 Å². The van der Waals surface area contributed by atoms with Crippen molar-refractivity contribution in [2.45, 2.75) is 51.9 Å². The second kappa shape index (κ2) is 7.72. The van der Waals surface area contributed by atoms with Gasteiger partial charge in [0.25, 0.3) is 0 Å². The van der Waals surface area contributed by atoms with E-state index >= 15 is 0 Å². The van der Waals surface area contributed by atoms with Crippen LogP contribution >= 0.6 is 0 Å². The first kappa shape index (κ1) is 15.5. The second-order valence-electron chi connectivity index (χ2n) is 4.44. The predicted molar refractivity (Wildman–Crippen MR) is 64.5 cm³/mol. The van der Waals surface area contributed by atoms with Gasteiger partial charge in [0.2, 0.25) is 0 Å². The summed E-state index contributed by atoms with van der Waals surface area (Å²) < 4.78 is 0. The molecule has 4 heteroatoms. The smallest absolute Gasteiger partial charge is 0.321 e. The highest BCUT2D eigenvalue weighted by Gasteiger charge is 2.29. The molecule has 0 radical (unpaired) electrons. The molecule has 0 aromatic carbocycles. The molecule has 0 saturated carbocycles. The second-order valence-corrected chi connectivity index (χ2v) is 4.44. The average molecular weight is 240 g/mol. The van der Waals surface area contributed by atoms with Crippen LogP contribution in [0.5, 0.6) is 0 Å². The molecule has 17 heavy (non-hydrogen) atoms. The minimum atomic E-state index is -1.07. The van der Waals surface area contributed by atoms with Gasteiger partial charge in [0, 0.05) is 6.42 Å². The number of unbranched alkanes of at least 4 members (excludes halogenated alkanes) is 4. The maximum atomic E-state index is 10.9. The number of carboxylic acids is 2. The van der Waals surface area contributed by atoms with E-state index in [-0.39, 0.29) is 6.42 Å². The van der Waals surface area contributed by atoms with Gasteiger partial charge in [-0.3, -0.25) is 9.59 Å². The number of rotatable bonds is 9. The highest BCUT2D eigenvalue weighted by molar-refractivity contribution is 5.77. The number of carboxylic acid groups (broad SMARTS) is 2. The van der Waals surface area contributed by atoms with Crippen LogP contribution in [0.4, 0.5) is 0 Å². The fourth-order valence-electron chi connectivity index (χ4n) is 1.53. The Labute approximate surface area is 102 Å². The van der Waals surface area contributed by atoms with E-state index in [4.69, 9.17) is 16.6 Å². The van der Waals surface area contributed by atoms with Gasteiger partial charge < -0.3 is 10.2 Å². The summed E-state index contributed by atoms with van der Waals surface area (Å²) in [4.78, 5) is 21.1. The number of hydrogen-bond donors (Lipinski definition) is 2. The van der Waals surface area contributed by atoms with Gasteiger partial charge in [-0.05, 0) is 19.8 Å². The van der Waals surface area contributed by atoms with E-state index in [1.807, 2.05) is 0 Å². The molecule has 96 valence electrons. The lowest BCUT2D eigenvalue weighted by atomic mass is 9.85. The van der Waals surface area contributed by atoms with Crippen LogP contribution in [0, 0.1) is 17.8 Å². The van der Waals surface area contributed by atoms with Gasteiger partial charge in [0.05, 0.1) is 0 Å². The summed E-state index contributed by atoms with van der Waals surface area (Å²) in [5.74, 6) is 0.597. The van der Waals surface area contributed by atoms with Gasteiger partial charge in [-0.1, -0.05) is 31.6 Å². The van der Waals surface area contributed by atoms with Crippen LogP contribution in [0.3, 0.4) is 0 Å². The number of hydrogen-bond acceptors (Lipinski definition) is 2. The molecule has 0 aliphatic rings. The molecule has 0 rings (SSSR count). The van der Waals surface area contributed by atoms with Crippen molar-refractivity contribution in [3.8, 4) is 12.3 Å². The molecular weight excluding hydrogens is 220 g/mol. The first-order valence-corrected chi connectivity index (χ1v) is 5.85. The number of terminal acetylenes is 1. The number of aliphatic carboxylic acids is 2. The molecule has 0 aromatic rings. The van der Waals surface area contributed by atoms with Crippen molar-refractivity contribution in [3.05, 3.63) is 0 Å². The molecule has 0 aliphatic heterocycles. The SMILES string of the molecule is C#CC(C)(CCCCCCCC(=O)O)C(=O)O. The molecule has 0 spiro atoms. The van der Waals surface area contributed by atoms with Crippen LogP contribution in [0.2, 0.25) is 0 Å². The average Bonchev–Trinajstić information content (AvgIpc) is 2.26. The van der Waals surface area contributed by atoms with Gasteiger partial charge in [-0.15, -0.1) is 6.42 Å². The third kappa shape index (κ3) is 6.62. The van der Waals surface area contributed by atoms with Crippen molar-refractivity contribution in [1.82, 2.24) is 0 Å². The summed E-state index contributed by atoms with van der Waals surface area (Å²) in [6.07, 6.45) is 10.0. The summed E-state index contributed by atoms with van der Waals surface area (Å²) in [7, 11) is 0. The van der Waals surface area contributed by atoms with Crippen LogP contribution < -0.4 is 0 Å². The maximum absolute atomic E-state index is 10.9. The Balaban J connectivity index is 3.61. The Kier molecular flexibility index (Phi) is 7.04. The molecule has 0 aliphatic carbocycles. The molecule has 0 fully saturated rings. The minimum absolute atomic E-state index is 0.206. The highest BCUT2D eigenvalue weighted by atomic mass is 16.4. The zero-order valence-corrected chi connectivity index (χ0v) is 10.2. The van der Waals surface area contributed by atoms with Crippen LogP contribution in [-0.4, -0.2) is 22.2 Å². The molecule has 0 amide bonds. The Bertz CT molecular complexity index is 303. The molecule has 2 N–H and O–H groups in total. The Morgan fingerprint density at radius 2 is 1.65 bits per heavy atom. The van der Waals surface area contributed by atoms with Crippen LogP contribution in [-0.2, 0) is 9.59 Å². The van der Waals surface area contributed by atoms with Crippen molar-refractivity contribution >= 4 is 11.9 Å². The number of carbonyl (C=O) groups is 2. The largest absolute Gasteiger partial charge is 0.481 e. The van der Waals surface area contributed by atoms with E-state index in [0.29, 0.717) is 12.8 Å². The fourth-order valence-corrected chi connectivity index (χ4v) is 1.53. The lowest BCUT2D eigenvalue weighted by Gasteiger charge is -2.17. The zero-order chi connectivity index (χ0) is 13.3. The molecule has 1 atom stereocenters. The Morgan fingerprint density at radius 1 is 1.12 bits per heavy atom. The van der Waals surface area contributed by atoms with E-state index in [0.717, 1.165) is 25.7 Å². The fraction of sp³-hybridized carbons (Fsp3) is 0.692. The third-order valence-corrected chi connectivity index (χ3v) is 2.86. The summed E-state index contributed by atoms with van der Waals surface area (Å²) in [5, 5.41) is 17.4. The van der Waals surface area contributed by atoms with Crippen LogP contribution in [0.1, 0.15) is 51.9 Å². The van der Waals surface area contributed by atoms with E-state index in [2.05, 4.69) is 5.92 Å². The molecule has 0 aromatic heterocycles. The van der Waals surface area contributed by atoms with Crippen molar-refractivity contribution < 1.29 is 19.8 Å². The van der Waals surface area contributed by atoms with Crippen molar-refractivity contribution in [3.63, 3.8) is 0 Å². The summed E-state index contributed by atoms with van der Waals surface area (Å²) in [6.45, 7) is 1.56. The predicted octanol–water partition coefficient (Wildman–Crippen LogP) is 2.53. The lowest BCUT2D eigenvalue weighted by molar-refractivity contribution is -0.145. The van der Waals surface area contributed by atoms with Gasteiger partial charge in [0.1, 0.15) is 5.41 Å². The van der Waals surface area contributed by atoms with Gasteiger partial charge in [-0.2, -0.15) is 0 Å². The molecule has 0 bridgehead atoms. The van der Waals surface area contributed by atoms with E-state index in [1.54, 1.807) is 6.92 Å². The first-order chi connectivity index (χ1) is 7.92. The molecule has 0 saturated heterocycles. The van der Waals surface area contributed by atoms with Gasteiger partial charge in [0.15, 0.2) is 0 Å². The first-order valence-electron chi connectivity index (χ1n) is 5.85. The lowest BCUT2D eigenvalue weighted by Crippen LogP contribution is -2.25. The standard InChI is InChI=1S/C13H20O4/c1-3-13(2,12(16)17)10-8-6-4-5-7-9-11(14)15/h1H,4-10H2,2H3,(H,14,15)(H,16,17). The van der Waals surface area contributed by atoms with Crippen molar-refractivity contribution in [1.29, 1.82) is 0 Å². The van der Waals surface area contributed by atoms with Gasteiger partial charge >= 0.3 is 11.9 Å².